The van der Waals surface area contributed by atoms with Gasteiger partial charge in [0.05, 0.1) is 11.5 Å². The number of hydrogen-bond acceptors (Lipinski definition) is 6. The lowest BCUT2D eigenvalue weighted by molar-refractivity contribution is -0.384. The van der Waals surface area contributed by atoms with E-state index >= 15 is 0 Å². The van der Waals surface area contributed by atoms with Crippen LogP contribution in [-0.2, 0) is 9.53 Å². The Morgan fingerprint density at radius 1 is 1.57 bits per heavy atom. The smallest absolute Gasteiger partial charge is 0.328 e. The molecule has 7 heteroatoms. The number of rotatable bonds is 4. The number of carbonyl (C=O) groups excluding carboxylic acids is 1. The number of anilines is 1. The summed E-state index contributed by atoms with van der Waals surface area (Å²) in [7, 11) is 0. The molecule has 1 aromatic rings. The molecule has 2 heterocycles. The largest absolute Gasteiger partial charge is 0.464 e. The minimum absolute atomic E-state index is 0.0637. The van der Waals surface area contributed by atoms with Crippen LogP contribution >= 0.6 is 0 Å². The average molecular weight is 293 g/mol. The van der Waals surface area contributed by atoms with Gasteiger partial charge in [0.25, 0.3) is 0 Å². The van der Waals surface area contributed by atoms with E-state index in [1.54, 1.807) is 24.9 Å². The third-order valence-electron chi connectivity index (χ3n) is 3.51. The van der Waals surface area contributed by atoms with Crippen LogP contribution in [0.25, 0.3) is 0 Å². The van der Waals surface area contributed by atoms with Gasteiger partial charge in [0.2, 0.25) is 5.82 Å². The molecule has 0 amide bonds. The highest BCUT2D eigenvalue weighted by Gasteiger charge is 2.34. The Balaban J connectivity index is 2.37. The maximum atomic E-state index is 12.1. The Labute approximate surface area is 123 Å². The number of nitrogens with zero attached hydrogens (tertiary/aromatic N) is 3. The highest BCUT2D eigenvalue weighted by Crippen LogP contribution is 2.31. The first kappa shape index (κ1) is 15.2. The fourth-order valence-electron chi connectivity index (χ4n) is 2.57. The van der Waals surface area contributed by atoms with Gasteiger partial charge in [0.1, 0.15) is 6.04 Å². The van der Waals surface area contributed by atoms with Gasteiger partial charge < -0.3 is 9.64 Å². The van der Waals surface area contributed by atoms with Gasteiger partial charge in [-0.25, -0.2) is 9.78 Å². The SMILES string of the molecule is CCOC(=O)C1CCCCN1c1ncc(C)cc1[N+](=O)[O-]. The van der Waals surface area contributed by atoms with Crippen molar-refractivity contribution in [3.8, 4) is 0 Å². The van der Waals surface area contributed by atoms with Crippen molar-refractivity contribution in [2.45, 2.75) is 39.2 Å². The van der Waals surface area contributed by atoms with E-state index in [1.165, 1.54) is 6.07 Å². The molecule has 1 atom stereocenters. The minimum Gasteiger partial charge on any atom is -0.464 e. The summed E-state index contributed by atoms with van der Waals surface area (Å²) < 4.78 is 5.08. The Hall–Kier alpha value is -2.18. The van der Waals surface area contributed by atoms with E-state index in [4.69, 9.17) is 4.74 Å². The zero-order chi connectivity index (χ0) is 15.4. The molecule has 1 aliphatic heterocycles. The van der Waals surface area contributed by atoms with E-state index in [2.05, 4.69) is 4.98 Å². The number of pyridine rings is 1. The van der Waals surface area contributed by atoms with Crippen LogP contribution in [-0.4, -0.2) is 35.1 Å². The van der Waals surface area contributed by atoms with Gasteiger partial charge in [-0.2, -0.15) is 0 Å². The maximum absolute atomic E-state index is 12.1. The van der Waals surface area contributed by atoms with Gasteiger partial charge in [0.15, 0.2) is 0 Å². The summed E-state index contributed by atoms with van der Waals surface area (Å²) in [4.78, 5) is 28.8. The lowest BCUT2D eigenvalue weighted by Crippen LogP contribution is -2.46. The number of piperidine rings is 1. The lowest BCUT2D eigenvalue weighted by Gasteiger charge is -2.34. The molecule has 1 aromatic heterocycles. The van der Waals surface area contributed by atoms with Crippen molar-refractivity contribution in [1.29, 1.82) is 0 Å². The van der Waals surface area contributed by atoms with Crippen LogP contribution < -0.4 is 4.90 Å². The second kappa shape index (κ2) is 6.51. The molecule has 2 rings (SSSR count). The van der Waals surface area contributed by atoms with E-state index in [9.17, 15) is 14.9 Å². The summed E-state index contributed by atoms with van der Waals surface area (Å²) in [5.74, 6) is -0.0859. The highest BCUT2D eigenvalue weighted by molar-refractivity contribution is 5.81. The predicted molar refractivity (Wildman–Crippen MR) is 77.2 cm³/mol. The molecule has 0 aliphatic carbocycles. The first-order chi connectivity index (χ1) is 10.0. The van der Waals surface area contributed by atoms with Gasteiger partial charge in [-0.1, -0.05) is 0 Å². The molecule has 7 nitrogen and oxygen atoms in total. The maximum Gasteiger partial charge on any atom is 0.328 e. The highest BCUT2D eigenvalue weighted by atomic mass is 16.6. The lowest BCUT2D eigenvalue weighted by atomic mass is 10.0. The van der Waals surface area contributed by atoms with Crippen LogP contribution in [0.5, 0.6) is 0 Å². The molecule has 1 aliphatic rings. The van der Waals surface area contributed by atoms with Crippen molar-refractivity contribution in [3.05, 3.63) is 27.9 Å². The van der Waals surface area contributed by atoms with Crippen molar-refractivity contribution in [3.63, 3.8) is 0 Å². The molecule has 0 saturated carbocycles. The Kier molecular flexibility index (Phi) is 4.72. The van der Waals surface area contributed by atoms with E-state index < -0.39 is 11.0 Å². The number of hydrogen-bond donors (Lipinski definition) is 0. The quantitative estimate of drug-likeness (QED) is 0.480. The summed E-state index contributed by atoms with van der Waals surface area (Å²) in [6.45, 7) is 4.37. The van der Waals surface area contributed by atoms with Gasteiger partial charge >= 0.3 is 11.7 Å². The second-order valence-corrected chi connectivity index (χ2v) is 5.07. The molecule has 1 unspecified atom stereocenters. The first-order valence-electron chi connectivity index (χ1n) is 7.09. The van der Waals surface area contributed by atoms with E-state index in [1.807, 2.05) is 0 Å². The summed E-state index contributed by atoms with van der Waals surface area (Å²) in [5, 5.41) is 11.2. The van der Waals surface area contributed by atoms with Crippen LogP contribution in [0, 0.1) is 17.0 Å². The normalized spacial score (nSPS) is 18.4. The Bertz CT molecular complexity index is 547. The van der Waals surface area contributed by atoms with Crippen molar-refractivity contribution in [2.24, 2.45) is 0 Å². The molecule has 0 aromatic carbocycles. The third-order valence-corrected chi connectivity index (χ3v) is 3.51. The fraction of sp³-hybridized carbons (Fsp3) is 0.571. The van der Waals surface area contributed by atoms with E-state index in [0.29, 0.717) is 19.6 Å². The molecular formula is C14H19N3O4. The summed E-state index contributed by atoms with van der Waals surface area (Å²) in [5.41, 5.74) is 0.654. The molecule has 1 saturated heterocycles. The van der Waals surface area contributed by atoms with Crippen molar-refractivity contribution in [1.82, 2.24) is 4.98 Å². The first-order valence-corrected chi connectivity index (χ1v) is 7.09. The predicted octanol–water partition coefficient (Wildman–Crippen LogP) is 2.22. The Morgan fingerprint density at radius 2 is 2.33 bits per heavy atom. The molecular weight excluding hydrogens is 274 g/mol. The molecule has 0 bridgehead atoms. The van der Waals surface area contributed by atoms with Crippen molar-refractivity contribution in [2.75, 3.05) is 18.1 Å². The molecule has 21 heavy (non-hydrogen) atoms. The van der Waals surface area contributed by atoms with E-state index in [0.717, 1.165) is 18.4 Å². The number of esters is 1. The molecule has 1 fully saturated rings. The third kappa shape index (κ3) is 3.29. The number of aromatic nitrogens is 1. The average Bonchev–Trinajstić information content (AvgIpc) is 2.47. The zero-order valence-electron chi connectivity index (χ0n) is 12.2. The number of nitro groups is 1. The Morgan fingerprint density at radius 3 is 3.00 bits per heavy atom. The zero-order valence-corrected chi connectivity index (χ0v) is 12.2. The van der Waals surface area contributed by atoms with Gasteiger partial charge in [-0.05, 0) is 38.7 Å². The summed E-state index contributed by atoms with van der Waals surface area (Å²) in [6.07, 6.45) is 3.99. The van der Waals surface area contributed by atoms with Gasteiger partial charge in [-0.3, -0.25) is 10.1 Å². The molecule has 0 spiro atoms. The molecule has 114 valence electrons. The van der Waals surface area contributed by atoms with Crippen LogP contribution in [0.2, 0.25) is 0 Å². The second-order valence-electron chi connectivity index (χ2n) is 5.07. The van der Waals surface area contributed by atoms with Crippen molar-refractivity contribution >= 4 is 17.5 Å². The standard InChI is InChI=1S/C14H19N3O4/c1-3-21-14(18)11-6-4-5-7-16(11)13-12(17(19)20)8-10(2)9-15-13/h8-9,11H,3-7H2,1-2H3. The topological polar surface area (TPSA) is 85.6 Å². The van der Waals surface area contributed by atoms with Crippen LogP contribution in [0.1, 0.15) is 31.7 Å². The molecule has 0 N–H and O–H groups in total. The van der Waals surface area contributed by atoms with Gasteiger partial charge in [0, 0.05) is 18.8 Å². The summed E-state index contributed by atoms with van der Waals surface area (Å²) >= 11 is 0. The molecule has 0 radical (unpaired) electrons. The van der Waals surface area contributed by atoms with Crippen LogP contribution in [0.3, 0.4) is 0 Å². The van der Waals surface area contributed by atoms with E-state index in [-0.39, 0.29) is 17.5 Å². The monoisotopic (exact) mass is 293 g/mol. The van der Waals surface area contributed by atoms with Crippen LogP contribution in [0.15, 0.2) is 12.3 Å². The number of carbonyl (C=O) groups is 1. The minimum atomic E-state index is -0.493. The number of aryl methyl sites for hydroxylation is 1. The summed E-state index contributed by atoms with van der Waals surface area (Å²) in [6, 6.07) is 0.992. The van der Waals surface area contributed by atoms with Crippen molar-refractivity contribution < 1.29 is 14.5 Å². The number of ether oxygens (including phenoxy) is 1. The van der Waals surface area contributed by atoms with Gasteiger partial charge in [-0.15, -0.1) is 0 Å². The van der Waals surface area contributed by atoms with Crippen LogP contribution in [0.4, 0.5) is 11.5 Å². The fourth-order valence-corrected chi connectivity index (χ4v) is 2.57.